The van der Waals surface area contributed by atoms with Crippen LogP contribution in [0.5, 0.6) is 5.75 Å². The van der Waals surface area contributed by atoms with Crippen LogP contribution in [0.25, 0.3) is 0 Å². The van der Waals surface area contributed by atoms with Crippen molar-refractivity contribution in [3.8, 4) is 5.75 Å². The summed E-state index contributed by atoms with van der Waals surface area (Å²) >= 11 is 0. The first kappa shape index (κ1) is 44.6. The summed E-state index contributed by atoms with van der Waals surface area (Å²) in [4.78, 5) is 94.8. The normalized spacial score (nSPS) is 23.5. The van der Waals surface area contributed by atoms with Gasteiger partial charge >= 0.3 is 5.92 Å². The number of hydrazine groups is 1. The van der Waals surface area contributed by atoms with Crippen LogP contribution in [0.15, 0.2) is 42.6 Å². The highest BCUT2D eigenvalue weighted by Crippen LogP contribution is 2.42. The number of imide groups is 2. The molecule has 0 radical (unpaired) electrons. The van der Waals surface area contributed by atoms with E-state index >= 15 is 8.78 Å². The van der Waals surface area contributed by atoms with E-state index in [1.54, 1.807) is 35.2 Å². The van der Waals surface area contributed by atoms with Crippen molar-refractivity contribution < 1.29 is 42.3 Å². The van der Waals surface area contributed by atoms with Crippen LogP contribution in [0.1, 0.15) is 95.3 Å². The van der Waals surface area contributed by atoms with Gasteiger partial charge in [0.2, 0.25) is 17.8 Å². The van der Waals surface area contributed by atoms with Crippen molar-refractivity contribution in [2.24, 2.45) is 11.8 Å². The largest absolute Gasteiger partial charge is 0.495 e. The van der Waals surface area contributed by atoms with E-state index < -0.39 is 48.0 Å². The van der Waals surface area contributed by atoms with Crippen LogP contribution in [-0.2, 0) is 14.4 Å². The third-order valence-electron chi connectivity index (χ3n) is 15.0. The molecule has 20 heteroatoms. The van der Waals surface area contributed by atoms with Gasteiger partial charge in [-0.05, 0) is 87.1 Å². The SMILES string of the molecule is COc1cc(C(=O)NN2CCC(N3CC(C4CCN(c5cccc6c5C(=O)N(C5CCC(=O)NC5=O)C6=O)CC4)C3)CC2)ccc1Nc1ncc2c(n1)N(C1CCCC1)CC(F)(F)C(=O)N2C. The molecule has 1 atom stereocenters. The Morgan fingerprint density at radius 2 is 1.61 bits per heavy atom. The molecule has 1 saturated carbocycles. The fourth-order valence-electron chi connectivity index (χ4n) is 11.2. The van der Waals surface area contributed by atoms with Gasteiger partial charge in [-0.3, -0.25) is 49.3 Å². The lowest BCUT2D eigenvalue weighted by atomic mass is 9.78. The van der Waals surface area contributed by atoms with Gasteiger partial charge in [-0.1, -0.05) is 18.9 Å². The maximum Gasteiger partial charge on any atom is 0.342 e. The number of benzene rings is 2. The number of rotatable bonds is 10. The first-order valence-corrected chi connectivity index (χ1v) is 23.4. The molecular weight excluding hydrogens is 869 g/mol. The summed E-state index contributed by atoms with van der Waals surface area (Å²) in [5.41, 5.74) is 5.50. The molecule has 6 amide bonds. The number of methoxy groups -OCH3 is 1. The Hall–Kier alpha value is -6.28. The number of halogens is 2. The summed E-state index contributed by atoms with van der Waals surface area (Å²) in [5.74, 6) is -5.26. The minimum Gasteiger partial charge on any atom is -0.495 e. The van der Waals surface area contributed by atoms with E-state index in [0.29, 0.717) is 59.1 Å². The summed E-state index contributed by atoms with van der Waals surface area (Å²) in [7, 11) is 2.80. The third kappa shape index (κ3) is 8.31. The zero-order valence-corrected chi connectivity index (χ0v) is 37.6. The maximum absolute atomic E-state index is 15.1. The molecule has 2 aromatic carbocycles. The Labute approximate surface area is 386 Å². The third-order valence-corrected chi connectivity index (χ3v) is 15.0. The minimum atomic E-state index is -3.58. The van der Waals surface area contributed by atoms with Gasteiger partial charge in [0.25, 0.3) is 23.6 Å². The van der Waals surface area contributed by atoms with Crippen LogP contribution in [0.3, 0.4) is 0 Å². The molecular formula is C47H55F2N11O7. The summed E-state index contributed by atoms with van der Waals surface area (Å²) in [6.45, 7) is 4.22. The van der Waals surface area contributed by atoms with E-state index in [4.69, 9.17) is 4.74 Å². The van der Waals surface area contributed by atoms with Crippen molar-refractivity contribution >= 4 is 64.3 Å². The van der Waals surface area contributed by atoms with Crippen molar-refractivity contribution in [1.82, 2.24) is 35.5 Å². The van der Waals surface area contributed by atoms with Crippen molar-refractivity contribution in [3.63, 3.8) is 0 Å². The second-order valence-corrected chi connectivity index (χ2v) is 18.9. The Balaban J connectivity index is 0.697. The molecule has 6 aliphatic heterocycles. The molecule has 1 aromatic heterocycles. The molecule has 10 rings (SSSR count). The number of nitrogens with one attached hydrogen (secondary N) is 3. The Morgan fingerprint density at radius 3 is 2.33 bits per heavy atom. The summed E-state index contributed by atoms with van der Waals surface area (Å²) < 4.78 is 35.8. The number of likely N-dealkylation sites (tertiary alicyclic amines) is 1. The number of piperidine rings is 3. The average molecular weight is 924 g/mol. The number of nitrogens with zero attached hydrogens (tertiary/aromatic N) is 8. The zero-order valence-electron chi connectivity index (χ0n) is 37.6. The second kappa shape index (κ2) is 17.7. The molecule has 7 heterocycles. The summed E-state index contributed by atoms with van der Waals surface area (Å²) in [6, 6.07) is 9.54. The number of aromatic nitrogens is 2. The van der Waals surface area contributed by atoms with Crippen molar-refractivity contribution in [2.45, 2.75) is 88.3 Å². The average Bonchev–Trinajstić information content (AvgIpc) is 3.93. The molecule has 3 aromatic rings. The van der Waals surface area contributed by atoms with Gasteiger partial charge in [-0.2, -0.15) is 13.8 Å². The lowest BCUT2D eigenvalue weighted by Crippen LogP contribution is -2.59. The molecule has 5 fully saturated rings. The number of hydrogen-bond donors (Lipinski definition) is 3. The molecule has 18 nitrogen and oxygen atoms in total. The van der Waals surface area contributed by atoms with E-state index in [2.05, 4.69) is 35.8 Å². The van der Waals surface area contributed by atoms with E-state index in [-0.39, 0.29) is 42.2 Å². The van der Waals surface area contributed by atoms with Crippen molar-refractivity contribution in [1.29, 1.82) is 0 Å². The van der Waals surface area contributed by atoms with Gasteiger partial charge in [0.1, 0.15) is 17.5 Å². The fraction of sp³-hybridized carbons (Fsp3) is 0.532. The molecule has 354 valence electrons. The molecule has 0 spiro atoms. The van der Waals surface area contributed by atoms with Gasteiger partial charge in [0.15, 0.2) is 5.82 Å². The Kier molecular flexibility index (Phi) is 11.8. The van der Waals surface area contributed by atoms with Crippen molar-refractivity contribution in [3.05, 3.63) is 59.3 Å². The number of hydrogen-bond acceptors (Lipinski definition) is 14. The predicted octanol–water partition coefficient (Wildman–Crippen LogP) is 3.95. The van der Waals surface area contributed by atoms with Gasteiger partial charge in [0, 0.05) is 70.4 Å². The molecule has 7 aliphatic rings. The standard InChI is InChI=1S/C47H55F2N11O7/c1-55-36-23-50-46(53-40(36)59(31-6-3-4-7-31)26-47(48,49)45(55)66)51-33-11-10-28(22-37(33)67-2)41(62)54-58-20-16-30(17-21-58)57-24-29(25-57)27-14-18-56(19-15-27)34-9-5-8-32-39(34)44(65)60(43(32)64)35-12-13-38(61)52-42(35)63/h5,8-11,22-23,27,29-31,35H,3-4,6-7,12-21,24-26H2,1-2H3,(H,54,62)(H,50,51,53)(H,52,61,63). The Morgan fingerprint density at radius 1 is 0.866 bits per heavy atom. The van der Waals surface area contributed by atoms with Crippen LogP contribution in [0, 0.1) is 11.8 Å². The van der Waals surface area contributed by atoms with Crippen molar-refractivity contribution in [2.75, 3.05) is 80.0 Å². The molecule has 0 bridgehead atoms. The number of amides is 6. The predicted molar refractivity (Wildman–Crippen MR) is 241 cm³/mol. The highest BCUT2D eigenvalue weighted by Gasteiger charge is 2.50. The fourth-order valence-corrected chi connectivity index (χ4v) is 11.2. The first-order chi connectivity index (χ1) is 32.3. The van der Waals surface area contributed by atoms with Crippen LogP contribution in [-0.4, -0.2) is 144 Å². The van der Waals surface area contributed by atoms with E-state index in [0.717, 1.165) is 93.0 Å². The molecule has 4 saturated heterocycles. The minimum absolute atomic E-state index is 0.0766. The number of alkyl halides is 2. The lowest BCUT2D eigenvalue weighted by Gasteiger charge is -2.51. The zero-order chi connectivity index (χ0) is 46.7. The molecule has 1 aliphatic carbocycles. The summed E-state index contributed by atoms with van der Waals surface area (Å²) in [6.07, 6.45) is 8.64. The highest BCUT2D eigenvalue weighted by atomic mass is 19.3. The first-order valence-electron chi connectivity index (χ1n) is 23.4. The smallest absolute Gasteiger partial charge is 0.342 e. The number of fused-ring (bicyclic) bond motifs is 2. The van der Waals surface area contributed by atoms with Crippen LogP contribution >= 0.6 is 0 Å². The highest BCUT2D eigenvalue weighted by molar-refractivity contribution is 6.25. The van der Waals surface area contributed by atoms with Gasteiger partial charge in [0.05, 0.1) is 42.4 Å². The lowest BCUT2D eigenvalue weighted by molar-refractivity contribution is -0.140. The van der Waals surface area contributed by atoms with E-state index in [1.165, 1.54) is 20.4 Å². The van der Waals surface area contributed by atoms with Gasteiger partial charge in [-0.25, -0.2) is 9.99 Å². The summed E-state index contributed by atoms with van der Waals surface area (Å²) in [5, 5.41) is 7.34. The molecule has 3 N–H and O–H groups in total. The van der Waals surface area contributed by atoms with Crippen LogP contribution in [0.4, 0.5) is 37.6 Å². The number of anilines is 5. The molecule has 67 heavy (non-hydrogen) atoms. The topological polar surface area (TPSA) is 193 Å². The van der Waals surface area contributed by atoms with Crippen LogP contribution < -0.4 is 35.5 Å². The monoisotopic (exact) mass is 923 g/mol. The quantitative estimate of drug-likeness (QED) is 0.248. The second-order valence-electron chi connectivity index (χ2n) is 18.9. The van der Waals surface area contributed by atoms with E-state index in [9.17, 15) is 28.8 Å². The van der Waals surface area contributed by atoms with E-state index in [1.807, 2.05) is 11.1 Å². The van der Waals surface area contributed by atoms with Crippen LogP contribution in [0.2, 0.25) is 0 Å². The Bertz CT molecular complexity index is 2500. The molecule has 1 unspecified atom stereocenters. The number of carbonyl (C=O) groups excluding carboxylic acids is 6. The van der Waals surface area contributed by atoms with Gasteiger partial charge < -0.3 is 24.8 Å². The maximum atomic E-state index is 15.1. The van der Waals surface area contributed by atoms with Gasteiger partial charge in [-0.15, -0.1) is 0 Å². The number of carbonyl (C=O) groups is 6. The number of ether oxygens (including phenoxy) is 1.